The average Bonchev–Trinajstić information content (AvgIpc) is 3.19. The van der Waals surface area contributed by atoms with Crippen LogP contribution in [-0.2, 0) is 33.3 Å². The Morgan fingerprint density at radius 2 is 1.36 bits per heavy atom. The van der Waals surface area contributed by atoms with Gasteiger partial charge in [0.25, 0.3) is 0 Å². The minimum atomic E-state index is -2.31. The first kappa shape index (κ1) is 36.8. The Kier molecular flexibility index (Phi) is 16.1. The first-order valence-corrected chi connectivity index (χ1v) is 15.3. The summed E-state index contributed by atoms with van der Waals surface area (Å²) in [6, 6.07) is 0. The van der Waals surface area contributed by atoms with Gasteiger partial charge in [-0.05, 0) is 12.3 Å². The second-order valence-electron chi connectivity index (χ2n) is 11.7. The second-order valence-corrected chi connectivity index (χ2v) is 11.7. The molecule has 2 heterocycles. The Morgan fingerprint density at radius 1 is 0.786 bits per heavy atom. The fraction of sp³-hybridized carbons (Fsp3) is 0.931. The van der Waals surface area contributed by atoms with Crippen molar-refractivity contribution in [3.63, 3.8) is 0 Å². The van der Waals surface area contributed by atoms with E-state index in [1.807, 2.05) is 0 Å². The molecule has 2 fully saturated rings. The zero-order valence-electron chi connectivity index (χ0n) is 25.1. The van der Waals surface area contributed by atoms with Gasteiger partial charge in [-0.1, -0.05) is 72.1 Å². The number of ether oxygens (including phenoxy) is 5. The first-order chi connectivity index (χ1) is 20.0. The van der Waals surface area contributed by atoms with Crippen LogP contribution in [0.25, 0.3) is 0 Å². The summed E-state index contributed by atoms with van der Waals surface area (Å²) in [5, 5.41) is 61.4. The summed E-state index contributed by atoms with van der Waals surface area (Å²) in [5.41, 5.74) is 0. The van der Waals surface area contributed by atoms with E-state index in [4.69, 9.17) is 23.7 Å². The molecule has 0 aromatic rings. The third kappa shape index (κ3) is 10.3. The van der Waals surface area contributed by atoms with E-state index in [1.54, 1.807) is 13.8 Å². The van der Waals surface area contributed by atoms with Gasteiger partial charge in [0.15, 0.2) is 18.5 Å². The Hall–Kier alpha value is -1.42. The van der Waals surface area contributed by atoms with Crippen LogP contribution in [0.5, 0.6) is 0 Å². The fourth-order valence-electron chi connectivity index (χ4n) is 5.21. The highest BCUT2D eigenvalue weighted by atomic mass is 16.8. The lowest BCUT2D eigenvalue weighted by atomic mass is 9.97. The van der Waals surface area contributed by atoms with Crippen LogP contribution in [0.3, 0.4) is 0 Å². The van der Waals surface area contributed by atoms with Crippen molar-refractivity contribution in [3.05, 3.63) is 0 Å². The predicted molar refractivity (Wildman–Crippen MR) is 148 cm³/mol. The molecule has 246 valence electrons. The van der Waals surface area contributed by atoms with Gasteiger partial charge in [-0.2, -0.15) is 0 Å². The topological polar surface area (TPSA) is 202 Å². The first-order valence-electron chi connectivity index (χ1n) is 15.3. The van der Waals surface area contributed by atoms with E-state index in [2.05, 4.69) is 6.92 Å². The summed E-state index contributed by atoms with van der Waals surface area (Å²) in [7, 11) is 0. The molecule has 9 atom stereocenters. The molecule has 13 nitrogen and oxygen atoms in total. The number of aliphatic hydroxyl groups is 6. The van der Waals surface area contributed by atoms with Gasteiger partial charge in [0.1, 0.15) is 37.1 Å². The summed E-state index contributed by atoms with van der Waals surface area (Å²) in [6.45, 7) is 3.34. The molecular weight excluding hydrogens is 556 g/mol. The molecule has 0 radical (unpaired) electrons. The summed E-state index contributed by atoms with van der Waals surface area (Å²) < 4.78 is 27.8. The van der Waals surface area contributed by atoms with E-state index in [1.165, 1.54) is 25.7 Å². The van der Waals surface area contributed by atoms with Crippen molar-refractivity contribution >= 4 is 11.9 Å². The largest absolute Gasteiger partial charge is 0.455 e. The highest BCUT2D eigenvalue weighted by molar-refractivity contribution is 5.71. The molecule has 6 N–H and O–H groups in total. The molecule has 42 heavy (non-hydrogen) atoms. The van der Waals surface area contributed by atoms with E-state index >= 15 is 0 Å². The van der Waals surface area contributed by atoms with Gasteiger partial charge in [0.2, 0.25) is 5.79 Å². The second kappa shape index (κ2) is 18.4. The van der Waals surface area contributed by atoms with Gasteiger partial charge in [0, 0.05) is 12.8 Å². The molecule has 13 heteroatoms. The molecule has 0 saturated carbocycles. The van der Waals surface area contributed by atoms with Crippen LogP contribution in [0.2, 0.25) is 0 Å². The van der Waals surface area contributed by atoms with Crippen molar-refractivity contribution in [3.8, 4) is 0 Å². The molecule has 0 aliphatic carbocycles. The zero-order chi connectivity index (χ0) is 31.3. The third-order valence-corrected chi connectivity index (χ3v) is 7.61. The van der Waals surface area contributed by atoms with Crippen LogP contribution in [0.4, 0.5) is 0 Å². The Bertz CT molecular complexity index is 795. The smallest absolute Gasteiger partial charge is 0.306 e. The van der Waals surface area contributed by atoms with Crippen LogP contribution in [0.15, 0.2) is 0 Å². The van der Waals surface area contributed by atoms with E-state index in [9.17, 15) is 40.2 Å². The van der Waals surface area contributed by atoms with E-state index in [0.29, 0.717) is 6.42 Å². The number of carbonyl (C=O) groups is 2. The van der Waals surface area contributed by atoms with Crippen molar-refractivity contribution in [1.29, 1.82) is 0 Å². The summed E-state index contributed by atoms with van der Waals surface area (Å²) in [6.07, 6.45) is -3.11. The maximum Gasteiger partial charge on any atom is 0.306 e. The third-order valence-electron chi connectivity index (χ3n) is 7.61. The molecule has 0 aromatic heterocycles. The number of rotatable bonds is 19. The van der Waals surface area contributed by atoms with Crippen LogP contribution in [-0.4, -0.2) is 117 Å². The normalized spacial score (nSPS) is 33.2. The van der Waals surface area contributed by atoms with Crippen LogP contribution >= 0.6 is 0 Å². The van der Waals surface area contributed by atoms with Gasteiger partial charge in [-0.25, -0.2) is 0 Å². The van der Waals surface area contributed by atoms with Crippen molar-refractivity contribution in [1.82, 2.24) is 0 Å². The SMILES string of the molecule is CCCCCCCCCCCC(=O)O[C@@H]1[C@@H](O)[C@@H](O[C@]2(CO)O[C@H](CO)[C@@H](O)[C@@H]2O)O[C@H](CO)[C@H]1OC(=O)CC(C)C. The van der Waals surface area contributed by atoms with E-state index < -0.39 is 86.6 Å². The lowest BCUT2D eigenvalue weighted by molar-refractivity contribution is -0.384. The van der Waals surface area contributed by atoms with Crippen molar-refractivity contribution in [2.75, 3.05) is 19.8 Å². The molecule has 0 spiro atoms. The average molecular weight is 609 g/mol. The van der Waals surface area contributed by atoms with Gasteiger partial charge in [0.05, 0.1) is 13.2 Å². The van der Waals surface area contributed by atoms with Crippen LogP contribution < -0.4 is 0 Å². The minimum absolute atomic E-state index is 0.0257. The maximum atomic E-state index is 12.8. The Labute approximate surface area is 248 Å². The summed E-state index contributed by atoms with van der Waals surface area (Å²) in [5.74, 6) is -3.68. The zero-order valence-corrected chi connectivity index (χ0v) is 25.1. The van der Waals surface area contributed by atoms with Gasteiger partial charge >= 0.3 is 11.9 Å². The molecule has 2 rings (SSSR count). The molecule has 0 unspecified atom stereocenters. The van der Waals surface area contributed by atoms with Crippen LogP contribution in [0.1, 0.15) is 91.4 Å². The van der Waals surface area contributed by atoms with Gasteiger partial charge in [-0.15, -0.1) is 0 Å². The number of aliphatic hydroxyl groups excluding tert-OH is 6. The van der Waals surface area contributed by atoms with Crippen molar-refractivity contribution in [2.45, 2.75) is 146 Å². The number of esters is 2. The van der Waals surface area contributed by atoms with E-state index in [-0.39, 0.29) is 18.8 Å². The van der Waals surface area contributed by atoms with Gasteiger partial charge in [-0.3, -0.25) is 9.59 Å². The number of carbonyl (C=O) groups excluding carboxylic acids is 2. The Balaban J connectivity index is 2.11. The molecule has 2 aliphatic heterocycles. The Morgan fingerprint density at radius 3 is 1.88 bits per heavy atom. The minimum Gasteiger partial charge on any atom is -0.455 e. The molecule has 2 saturated heterocycles. The molecule has 0 bridgehead atoms. The fourth-order valence-corrected chi connectivity index (χ4v) is 5.21. The number of hydrogen-bond acceptors (Lipinski definition) is 13. The predicted octanol–water partition coefficient (Wildman–Crippen LogP) is 0.673. The quantitative estimate of drug-likeness (QED) is 0.0883. The highest BCUT2D eigenvalue weighted by Gasteiger charge is 2.59. The molecular formula is C29H52O13. The van der Waals surface area contributed by atoms with Crippen molar-refractivity contribution in [2.24, 2.45) is 5.92 Å². The highest BCUT2D eigenvalue weighted by Crippen LogP contribution is 2.37. The number of hydrogen-bond donors (Lipinski definition) is 6. The summed E-state index contributed by atoms with van der Waals surface area (Å²) >= 11 is 0. The lowest BCUT2D eigenvalue weighted by Crippen LogP contribution is -2.64. The number of unbranched alkanes of at least 4 members (excludes halogenated alkanes) is 8. The molecule has 0 amide bonds. The maximum absolute atomic E-state index is 12.8. The standard InChI is InChI=1S/C29H52O13/c1-4-5-6-7-8-9-10-11-12-13-21(33)39-26-24(36)28(38-20(16-31)25(26)40-22(34)14-18(2)3)42-29(17-32)27(37)23(35)19(15-30)41-29/h18-20,23-28,30-32,35-37H,4-17H2,1-3H3/t19-,20-,23-,24-,25-,26-,27+,28-,29+/m1/s1. The monoisotopic (exact) mass is 608 g/mol. The van der Waals surface area contributed by atoms with Crippen LogP contribution in [0, 0.1) is 5.92 Å². The lowest BCUT2D eigenvalue weighted by Gasteiger charge is -2.45. The molecule has 0 aromatic carbocycles. The van der Waals surface area contributed by atoms with Gasteiger partial charge < -0.3 is 54.3 Å². The molecule has 2 aliphatic rings. The van der Waals surface area contributed by atoms with Crippen molar-refractivity contribution < 1.29 is 63.9 Å². The van der Waals surface area contributed by atoms with E-state index in [0.717, 1.165) is 25.7 Å². The summed E-state index contributed by atoms with van der Waals surface area (Å²) in [4.78, 5) is 25.4.